The molecule has 1 fully saturated rings. The van der Waals surface area contributed by atoms with Crippen LogP contribution in [0.2, 0.25) is 0 Å². The van der Waals surface area contributed by atoms with Crippen LogP contribution in [0.4, 0.5) is 5.95 Å². The highest BCUT2D eigenvalue weighted by Gasteiger charge is 2.16. The van der Waals surface area contributed by atoms with Gasteiger partial charge in [-0.25, -0.2) is 14.8 Å². The number of piperidine rings is 1. The first-order valence-corrected chi connectivity index (χ1v) is 8.82. The molecule has 26 heavy (non-hydrogen) atoms. The van der Waals surface area contributed by atoms with Crippen LogP contribution < -0.4 is 10.2 Å². The van der Waals surface area contributed by atoms with E-state index in [9.17, 15) is 14.7 Å². The Bertz CT molecular complexity index is 788. The molecule has 2 aromatic rings. The van der Waals surface area contributed by atoms with Gasteiger partial charge in [0.15, 0.2) is 0 Å². The molecule has 7 heteroatoms. The smallest absolute Gasteiger partial charge is 0.335 e. The molecule has 2 heterocycles. The van der Waals surface area contributed by atoms with Crippen LogP contribution in [-0.4, -0.2) is 46.6 Å². The number of carbonyl (C=O) groups excluding carboxylic acids is 1. The third-order valence-corrected chi connectivity index (χ3v) is 4.44. The quantitative estimate of drug-likeness (QED) is 0.825. The molecule has 0 aliphatic carbocycles. The van der Waals surface area contributed by atoms with Gasteiger partial charge in [-0.3, -0.25) is 4.79 Å². The van der Waals surface area contributed by atoms with E-state index >= 15 is 0 Å². The van der Waals surface area contributed by atoms with Crippen molar-refractivity contribution in [1.82, 2.24) is 15.3 Å². The van der Waals surface area contributed by atoms with Gasteiger partial charge in [-0.1, -0.05) is 18.2 Å². The van der Waals surface area contributed by atoms with E-state index in [1.807, 2.05) is 0 Å². The molecular formula is C19H22N4O3. The lowest BCUT2D eigenvalue weighted by atomic mass is 10.0. The number of amides is 1. The van der Waals surface area contributed by atoms with Gasteiger partial charge in [0.25, 0.3) is 5.91 Å². The summed E-state index contributed by atoms with van der Waals surface area (Å²) in [5.41, 5.74) is 1.28. The first-order valence-electron chi connectivity index (χ1n) is 8.82. The summed E-state index contributed by atoms with van der Waals surface area (Å²) >= 11 is 0. The van der Waals surface area contributed by atoms with Crippen LogP contribution in [0.5, 0.6) is 0 Å². The van der Waals surface area contributed by atoms with Gasteiger partial charge in [-0.15, -0.1) is 0 Å². The first-order chi connectivity index (χ1) is 12.6. The third kappa shape index (κ3) is 4.36. The largest absolute Gasteiger partial charge is 0.478 e. The summed E-state index contributed by atoms with van der Waals surface area (Å²) in [6.07, 6.45) is 5.49. The molecule has 0 saturated carbocycles. The highest BCUT2D eigenvalue weighted by Crippen LogP contribution is 2.15. The number of hydrogen-bond acceptors (Lipinski definition) is 5. The number of anilines is 1. The lowest BCUT2D eigenvalue weighted by molar-refractivity contribution is 0.0695. The fourth-order valence-electron chi connectivity index (χ4n) is 3.07. The number of nitrogens with zero attached hydrogens (tertiary/aromatic N) is 3. The van der Waals surface area contributed by atoms with E-state index in [4.69, 9.17) is 0 Å². The van der Waals surface area contributed by atoms with E-state index in [2.05, 4.69) is 20.2 Å². The van der Waals surface area contributed by atoms with Gasteiger partial charge in [-0.05, 0) is 43.4 Å². The number of aromatic carboxylic acids is 1. The second-order valence-electron chi connectivity index (χ2n) is 6.26. The summed E-state index contributed by atoms with van der Waals surface area (Å²) in [5.74, 6) is -0.652. The Morgan fingerprint density at radius 1 is 1.12 bits per heavy atom. The zero-order valence-corrected chi connectivity index (χ0v) is 14.5. The first kappa shape index (κ1) is 17.8. The molecule has 3 rings (SSSR count). The number of carboxylic acid groups (broad SMARTS) is 1. The lowest BCUT2D eigenvalue weighted by Gasteiger charge is -2.26. The van der Waals surface area contributed by atoms with Gasteiger partial charge in [0.1, 0.15) is 5.69 Å². The van der Waals surface area contributed by atoms with E-state index in [0.717, 1.165) is 25.9 Å². The van der Waals surface area contributed by atoms with Crippen LogP contribution in [0.3, 0.4) is 0 Å². The van der Waals surface area contributed by atoms with Crippen molar-refractivity contribution in [1.29, 1.82) is 0 Å². The fraction of sp³-hybridized carbons (Fsp3) is 0.368. The number of carboxylic acids is 1. The van der Waals surface area contributed by atoms with Crippen molar-refractivity contribution in [3.63, 3.8) is 0 Å². The number of aromatic nitrogens is 2. The van der Waals surface area contributed by atoms with Gasteiger partial charge < -0.3 is 15.3 Å². The fourth-order valence-corrected chi connectivity index (χ4v) is 3.07. The van der Waals surface area contributed by atoms with Crippen LogP contribution >= 0.6 is 0 Å². The number of hydrogen-bond donors (Lipinski definition) is 2. The van der Waals surface area contributed by atoms with Crippen molar-refractivity contribution in [2.24, 2.45) is 0 Å². The molecule has 2 N–H and O–H groups in total. The molecule has 0 atom stereocenters. The van der Waals surface area contributed by atoms with Gasteiger partial charge in [0, 0.05) is 25.8 Å². The third-order valence-electron chi connectivity index (χ3n) is 4.44. The van der Waals surface area contributed by atoms with Gasteiger partial charge in [0.05, 0.1) is 5.56 Å². The summed E-state index contributed by atoms with van der Waals surface area (Å²) in [5, 5.41) is 12.0. The Morgan fingerprint density at radius 3 is 2.65 bits per heavy atom. The standard InChI is InChI=1S/C19H22N4O3/c24-17(20-10-8-14-6-2-3-7-15(14)18(25)26)16-9-11-21-19(22-16)23-12-4-1-5-13-23/h2-3,6-7,9,11H,1,4-5,8,10,12-13H2,(H,20,24)(H,25,26). The SMILES string of the molecule is O=C(NCCc1ccccc1C(=O)O)c1ccnc(N2CCCCC2)n1. The summed E-state index contributed by atoms with van der Waals surface area (Å²) < 4.78 is 0. The molecule has 1 aromatic heterocycles. The van der Waals surface area contributed by atoms with Crippen molar-refractivity contribution in [3.8, 4) is 0 Å². The van der Waals surface area contributed by atoms with E-state index < -0.39 is 5.97 Å². The highest BCUT2D eigenvalue weighted by molar-refractivity contribution is 5.92. The summed E-state index contributed by atoms with van der Waals surface area (Å²) in [4.78, 5) is 34.3. The molecule has 1 amide bonds. The molecule has 0 unspecified atom stereocenters. The van der Waals surface area contributed by atoms with Crippen molar-refractivity contribution < 1.29 is 14.7 Å². The molecule has 1 saturated heterocycles. The lowest BCUT2D eigenvalue weighted by Crippen LogP contribution is -2.32. The summed E-state index contributed by atoms with van der Waals surface area (Å²) in [7, 11) is 0. The zero-order valence-electron chi connectivity index (χ0n) is 14.5. The minimum atomic E-state index is -0.964. The number of benzene rings is 1. The summed E-state index contributed by atoms with van der Waals surface area (Å²) in [6.45, 7) is 2.17. The Balaban J connectivity index is 1.59. The van der Waals surface area contributed by atoms with Crippen molar-refractivity contribution in [3.05, 3.63) is 53.3 Å². The Morgan fingerprint density at radius 2 is 1.88 bits per heavy atom. The molecule has 0 radical (unpaired) electrons. The molecular weight excluding hydrogens is 332 g/mol. The molecule has 1 aliphatic heterocycles. The topological polar surface area (TPSA) is 95.4 Å². The van der Waals surface area contributed by atoms with Gasteiger partial charge in [-0.2, -0.15) is 0 Å². The van der Waals surface area contributed by atoms with Crippen LogP contribution in [0.25, 0.3) is 0 Å². The second kappa shape index (κ2) is 8.42. The Hall–Kier alpha value is -2.96. The van der Waals surface area contributed by atoms with E-state index in [1.54, 1.807) is 36.5 Å². The highest BCUT2D eigenvalue weighted by atomic mass is 16.4. The predicted molar refractivity (Wildman–Crippen MR) is 97.5 cm³/mol. The van der Waals surface area contributed by atoms with E-state index in [-0.39, 0.29) is 11.5 Å². The maximum absolute atomic E-state index is 12.4. The average Bonchev–Trinajstić information content (AvgIpc) is 2.69. The van der Waals surface area contributed by atoms with E-state index in [1.165, 1.54) is 6.42 Å². The normalized spacial score (nSPS) is 14.1. The molecule has 7 nitrogen and oxygen atoms in total. The van der Waals surface area contributed by atoms with Crippen LogP contribution in [-0.2, 0) is 6.42 Å². The predicted octanol–water partition coefficient (Wildman–Crippen LogP) is 2.14. The molecule has 0 spiro atoms. The van der Waals surface area contributed by atoms with Crippen molar-refractivity contribution in [2.75, 3.05) is 24.5 Å². The average molecular weight is 354 g/mol. The minimum absolute atomic E-state index is 0.260. The van der Waals surface area contributed by atoms with Crippen molar-refractivity contribution >= 4 is 17.8 Å². The number of nitrogens with one attached hydrogen (secondary N) is 1. The Kier molecular flexibility index (Phi) is 5.78. The van der Waals surface area contributed by atoms with Crippen LogP contribution in [0.15, 0.2) is 36.5 Å². The van der Waals surface area contributed by atoms with E-state index in [0.29, 0.717) is 30.2 Å². The second-order valence-corrected chi connectivity index (χ2v) is 6.26. The molecule has 136 valence electrons. The van der Waals surface area contributed by atoms with Crippen LogP contribution in [0.1, 0.15) is 45.7 Å². The molecule has 0 bridgehead atoms. The maximum atomic E-state index is 12.4. The maximum Gasteiger partial charge on any atom is 0.335 e. The zero-order chi connectivity index (χ0) is 18.4. The van der Waals surface area contributed by atoms with Crippen LogP contribution in [0, 0.1) is 0 Å². The number of carbonyl (C=O) groups is 2. The summed E-state index contributed by atoms with van der Waals surface area (Å²) in [6, 6.07) is 8.39. The minimum Gasteiger partial charge on any atom is -0.478 e. The molecule has 1 aromatic carbocycles. The van der Waals surface area contributed by atoms with Gasteiger partial charge >= 0.3 is 5.97 Å². The molecule has 1 aliphatic rings. The number of rotatable bonds is 6. The van der Waals surface area contributed by atoms with Gasteiger partial charge in [0.2, 0.25) is 5.95 Å². The Labute approximate surface area is 152 Å². The monoisotopic (exact) mass is 354 g/mol. The van der Waals surface area contributed by atoms with Crippen molar-refractivity contribution in [2.45, 2.75) is 25.7 Å².